The van der Waals surface area contributed by atoms with Gasteiger partial charge in [0.2, 0.25) is 35.4 Å². The van der Waals surface area contributed by atoms with Crippen LogP contribution in [0.4, 0.5) is 0 Å². The highest BCUT2D eigenvalue weighted by atomic mass is 35.5. The van der Waals surface area contributed by atoms with E-state index in [0.29, 0.717) is 75.4 Å². The fourth-order valence-electron chi connectivity index (χ4n) is 9.31. The molecule has 0 unspecified atom stereocenters. The van der Waals surface area contributed by atoms with Crippen LogP contribution in [0, 0.1) is 23.2 Å². The van der Waals surface area contributed by atoms with Gasteiger partial charge in [-0.2, -0.15) is 0 Å². The summed E-state index contributed by atoms with van der Waals surface area (Å²) in [5.41, 5.74) is 0.865. The number of amides is 6. The zero-order valence-corrected chi connectivity index (χ0v) is 53.1. The highest BCUT2D eigenvalue weighted by Crippen LogP contribution is 2.45. The van der Waals surface area contributed by atoms with Crippen molar-refractivity contribution in [1.29, 1.82) is 0 Å². The quantitative estimate of drug-likeness (QED) is 0.0268. The van der Waals surface area contributed by atoms with Crippen LogP contribution in [0.5, 0.6) is 5.75 Å². The maximum atomic E-state index is 14.0. The number of aliphatic carboxylic acids is 1. The average Bonchev–Trinajstić information content (AvgIpc) is 3.00. The molecule has 2 heterocycles. The van der Waals surface area contributed by atoms with Gasteiger partial charge in [0.15, 0.2) is 6.10 Å². The lowest BCUT2D eigenvalue weighted by molar-refractivity contribution is -0.179. The third-order valence-corrected chi connectivity index (χ3v) is 14.9. The molecule has 24 nitrogen and oxygen atoms in total. The number of benzene rings is 2. The molecule has 2 aromatic rings. The first-order chi connectivity index (χ1) is 41.9. The molecule has 0 aromatic heterocycles. The number of hydrogen-bond donors (Lipinski definition) is 7. The van der Waals surface area contributed by atoms with Gasteiger partial charge in [-0.1, -0.05) is 82.6 Å². The number of cyclic esters (lactones) is 2. The lowest BCUT2D eigenvalue weighted by Crippen LogP contribution is -2.55. The molecule has 0 bridgehead atoms. The number of carboxylic acid groups (broad SMARTS) is 1. The predicted octanol–water partition coefficient (Wildman–Crippen LogP) is 4.99. The van der Waals surface area contributed by atoms with E-state index in [0.717, 1.165) is 11.1 Å². The molecule has 8 atom stereocenters. The summed E-state index contributed by atoms with van der Waals surface area (Å²) >= 11 is 6.40. The zero-order chi connectivity index (χ0) is 64.8. The first kappa shape index (κ1) is 73.8. The second kappa shape index (κ2) is 38.7. The van der Waals surface area contributed by atoms with Crippen molar-refractivity contribution in [1.82, 2.24) is 31.9 Å². The normalized spacial score (nSPS) is 20.3. The van der Waals surface area contributed by atoms with Crippen LogP contribution in [-0.4, -0.2) is 168 Å². The van der Waals surface area contributed by atoms with E-state index in [1.54, 1.807) is 59.1 Å². The summed E-state index contributed by atoms with van der Waals surface area (Å²) in [4.78, 5) is 119. The molecule has 1 fully saturated rings. The molecule has 0 spiro atoms. The van der Waals surface area contributed by atoms with E-state index >= 15 is 0 Å². The summed E-state index contributed by atoms with van der Waals surface area (Å²) in [6.45, 7) is 15.2. The zero-order valence-electron chi connectivity index (χ0n) is 52.4. The van der Waals surface area contributed by atoms with E-state index in [2.05, 4.69) is 31.9 Å². The fraction of sp³-hybridized carbons (Fsp3) is 0.635. The van der Waals surface area contributed by atoms with Gasteiger partial charge in [-0.15, -0.1) is 0 Å². The van der Waals surface area contributed by atoms with Crippen LogP contribution in [0.1, 0.15) is 129 Å². The van der Waals surface area contributed by atoms with E-state index in [4.69, 9.17) is 54.6 Å². The van der Waals surface area contributed by atoms with Gasteiger partial charge in [-0.3, -0.25) is 38.4 Å². The number of unbranched alkanes of at least 4 members (excludes halogenated alkanes) is 1. The Hall–Kier alpha value is -6.70. The first-order valence-corrected chi connectivity index (χ1v) is 30.6. The van der Waals surface area contributed by atoms with Crippen LogP contribution in [0.25, 0.3) is 0 Å². The third kappa shape index (κ3) is 27.0. The van der Waals surface area contributed by atoms with Crippen molar-refractivity contribution in [2.75, 3.05) is 73.6 Å². The minimum atomic E-state index is -1.30. The molecule has 0 radical (unpaired) electrons. The summed E-state index contributed by atoms with van der Waals surface area (Å²) < 4.78 is 44.8. The summed E-state index contributed by atoms with van der Waals surface area (Å²) in [7, 11) is 3.08. The lowest BCUT2D eigenvalue weighted by Gasteiger charge is -2.29. The summed E-state index contributed by atoms with van der Waals surface area (Å²) in [6, 6.07) is 9.26. The van der Waals surface area contributed by atoms with Gasteiger partial charge >= 0.3 is 17.9 Å². The van der Waals surface area contributed by atoms with Gasteiger partial charge < -0.3 is 74.9 Å². The number of carbonyl (C=O) groups excluding carboxylic acids is 8. The van der Waals surface area contributed by atoms with E-state index in [1.807, 2.05) is 45.0 Å². The SMILES string of the molecule is COCCOCCOCCOCCC(=O)NCCCC[C@H](NC(=O)[C@@H](NC(=O)CCCC(=O)O)C(C)C)C(=O)NCc1ccc([C@H]2O[C@@H]2[C@@H](C)[C@@H]2C/C=C/C(=O)N[C@H](Cc3ccc(OC)c(Cl)c3)C(=O)NCC(C)(C)C(=O)O[C@@H](CC(C)C)C(=O)O2)cc1. The lowest BCUT2D eigenvalue weighted by atomic mass is 9.92. The molecular formula is C63H93ClN6O18. The molecule has 7 N–H and O–H groups in total. The largest absolute Gasteiger partial charge is 0.495 e. The Bertz CT molecular complexity index is 2620. The molecule has 0 saturated carbocycles. The maximum Gasteiger partial charge on any atom is 0.347 e. The number of epoxide rings is 1. The predicted molar refractivity (Wildman–Crippen MR) is 324 cm³/mol. The number of rotatable bonds is 36. The number of carbonyl (C=O) groups is 9. The minimum Gasteiger partial charge on any atom is -0.495 e. The standard InChI is InChI=1S/C63H93ClN6O18/c1-39(2)34-50-61(79)86-48(15-12-16-52(72)68-47(36-43-21-24-49(82-9)45(64)35-43)59(77)67-38-63(6,7)62(80)87-50)41(5)56-57(88-56)44-22-19-42(20-23-44)37-66-58(76)46(69-60(78)55(40(3)4)70-53(73)17-13-18-54(74)75)14-10-11-26-65-51(71)25-27-83-30-31-85-33-32-84-29-28-81-8/h12,16,19-24,35,39-41,46-48,50,55-57H,10-11,13-15,17-18,25-34,36-38H2,1-9H3,(H,65,71)(H,66,76)(H,67,77)(H,68,72)(H,69,78)(H,70,73)(H,74,75)/b16-12+/t41-,46-,47+,48-,50-,55-,56+,57+/m0/s1. The molecular weight excluding hydrogens is 1160 g/mol. The van der Waals surface area contributed by atoms with Crippen LogP contribution in [-0.2, 0) is 89.3 Å². The molecule has 25 heteroatoms. The summed E-state index contributed by atoms with van der Waals surface area (Å²) in [5, 5.41) is 26.2. The van der Waals surface area contributed by atoms with Crippen LogP contribution in [0.2, 0.25) is 5.02 Å². The van der Waals surface area contributed by atoms with E-state index in [1.165, 1.54) is 13.2 Å². The van der Waals surface area contributed by atoms with Crippen molar-refractivity contribution in [2.24, 2.45) is 23.2 Å². The van der Waals surface area contributed by atoms with Gasteiger partial charge in [0, 0.05) is 64.8 Å². The van der Waals surface area contributed by atoms with Crippen molar-refractivity contribution in [3.63, 3.8) is 0 Å². The molecule has 2 aliphatic rings. The van der Waals surface area contributed by atoms with Crippen molar-refractivity contribution in [3.05, 3.63) is 76.3 Å². The van der Waals surface area contributed by atoms with E-state index in [-0.39, 0.29) is 88.8 Å². The molecule has 88 heavy (non-hydrogen) atoms. The number of carboxylic acids is 1. The highest BCUT2D eigenvalue weighted by Gasteiger charge is 2.48. The number of esters is 2. The summed E-state index contributed by atoms with van der Waals surface area (Å²) in [5.74, 6) is -5.92. The number of halogens is 1. The van der Waals surface area contributed by atoms with Crippen molar-refractivity contribution in [3.8, 4) is 5.75 Å². The number of nitrogens with one attached hydrogen (secondary N) is 6. The molecule has 490 valence electrons. The Morgan fingerprint density at radius 3 is 2.08 bits per heavy atom. The first-order valence-electron chi connectivity index (χ1n) is 30.2. The Balaban J connectivity index is 1.42. The van der Waals surface area contributed by atoms with Crippen LogP contribution >= 0.6 is 11.6 Å². The molecule has 1 saturated heterocycles. The second-order valence-corrected chi connectivity index (χ2v) is 23.7. The number of ether oxygens (including phenoxy) is 8. The number of hydrogen-bond acceptors (Lipinski definition) is 17. The Kier molecular flexibility index (Phi) is 32.4. The maximum absolute atomic E-state index is 14.0. The van der Waals surface area contributed by atoms with Gasteiger partial charge in [0.1, 0.15) is 36.1 Å². The van der Waals surface area contributed by atoms with Crippen LogP contribution in [0.15, 0.2) is 54.6 Å². The number of methoxy groups -OCH3 is 2. The smallest absolute Gasteiger partial charge is 0.347 e. The van der Waals surface area contributed by atoms with Gasteiger partial charge in [-0.25, -0.2) is 4.79 Å². The van der Waals surface area contributed by atoms with E-state index in [9.17, 15) is 43.2 Å². The van der Waals surface area contributed by atoms with Crippen molar-refractivity contribution >= 4 is 65.0 Å². The average molecular weight is 1260 g/mol. The van der Waals surface area contributed by atoms with Crippen LogP contribution < -0.4 is 36.6 Å². The van der Waals surface area contributed by atoms with Crippen molar-refractivity contribution < 1.29 is 86.2 Å². The van der Waals surface area contributed by atoms with Gasteiger partial charge in [0.05, 0.1) is 69.9 Å². The third-order valence-electron chi connectivity index (χ3n) is 14.6. The summed E-state index contributed by atoms with van der Waals surface area (Å²) in [6.07, 6.45) is 1.15. The molecule has 6 amide bonds. The monoisotopic (exact) mass is 1260 g/mol. The van der Waals surface area contributed by atoms with Crippen molar-refractivity contribution in [2.45, 2.75) is 162 Å². The second-order valence-electron chi connectivity index (χ2n) is 23.3. The fourth-order valence-corrected chi connectivity index (χ4v) is 9.59. The minimum absolute atomic E-state index is 0.0586. The van der Waals surface area contributed by atoms with Gasteiger partial charge in [-0.05, 0) is 92.7 Å². The molecule has 2 aliphatic heterocycles. The van der Waals surface area contributed by atoms with Crippen LogP contribution in [0.3, 0.4) is 0 Å². The highest BCUT2D eigenvalue weighted by molar-refractivity contribution is 6.32. The van der Waals surface area contributed by atoms with E-state index < -0.39 is 101 Å². The molecule has 2 aromatic carbocycles. The molecule has 0 aliphatic carbocycles. The Morgan fingerprint density at radius 1 is 0.773 bits per heavy atom. The Labute approximate surface area is 521 Å². The topological polar surface area (TPSA) is 323 Å². The van der Waals surface area contributed by atoms with Gasteiger partial charge in [0.25, 0.3) is 0 Å². The Morgan fingerprint density at radius 2 is 1.44 bits per heavy atom. The molecule has 4 rings (SSSR count).